The lowest BCUT2D eigenvalue weighted by molar-refractivity contribution is -0.123. The van der Waals surface area contributed by atoms with Crippen LogP contribution in [-0.2, 0) is 4.79 Å². The van der Waals surface area contributed by atoms with Crippen molar-refractivity contribution >= 4 is 5.91 Å². The molecule has 1 unspecified atom stereocenters. The van der Waals surface area contributed by atoms with Gasteiger partial charge in [-0.25, -0.2) is 0 Å². The van der Waals surface area contributed by atoms with Crippen molar-refractivity contribution in [2.75, 3.05) is 19.7 Å². The maximum atomic E-state index is 11.5. The summed E-state index contributed by atoms with van der Waals surface area (Å²) in [5.74, 6) is 1.09. The first-order valence-corrected chi connectivity index (χ1v) is 7.25. The molecule has 4 nitrogen and oxygen atoms in total. The number of ether oxygens (including phenoxy) is 1. The van der Waals surface area contributed by atoms with Crippen LogP contribution in [0.4, 0.5) is 0 Å². The van der Waals surface area contributed by atoms with Crippen molar-refractivity contribution in [2.24, 2.45) is 5.92 Å². The highest BCUT2D eigenvalue weighted by Crippen LogP contribution is 2.17. The second-order valence-electron chi connectivity index (χ2n) is 5.34. The topological polar surface area (TPSA) is 50.4 Å². The summed E-state index contributed by atoms with van der Waals surface area (Å²) in [4.78, 5) is 11.5. The normalized spacial score (nSPS) is 12.2. The van der Waals surface area contributed by atoms with Gasteiger partial charge in [0.15, 0.2) is 6.61 Å². The van der Waals surface area contributed by atoms with Crippen LogP contribution in [0.1, 0.15) is 39.3 Å². The molecular weight excluding hydrogens is 252 g/mol. The molecule has 1 aromatic carbocycles. The van der Waals surface area contributed by atoms with E-state index in [0.29, 0.717) is 18.5 Å². The first-order valence-electron chi connectivity index (χ1n) is 7.25. The maximum absolute atomic E-state index is 11.5. The molecule has 112 valence electrons. The van der Waals surface area contributed by atoms with E-state index >= 15 is 0 Å². The fraction of sp³-hybridized carbons (Fsp3) is 0.562. The highest BCUT2D eigenvalue weighted by Gasteiger charge is 2.05. The Morgan fingerprint density at radius 2 is 1.85 bits per heavy atom. The van der Waals surface area contributed by atoms with E-state index in [0.717, 1.165) is 12.3 Å². The number of benzene rings is 1. The summed E-state index contributed by atoms with van der Waals surface area (Å²) in [7, 11) is 0. The smallest absolute Gasteiger partial charge is 0.257 e. The second-order valence-corrected chi connectivity index (χ2v) is 5.34. The van der Waals surface area contributed by atoms with Gasteiger partial charge in [0.2, 0.25) is 0 Å². The van der Waals surface area contributed by atoms with Crippen LogP contribution >= 0.6 is 0 Å². The Kier molecular flexibility index (Phi) is 7.09. The lowest BCUT2D eigenvalue weighted by Gasteiger charge is -2.13. The molecule has 1 rings (SSSR count). The molecule has 0 saturated heterocycles. The average Bonchev–Trinajstić information content (AvgIpc) is 2.43. The van der Waals surface area contributed by atoms with Gasteiger partial charge >= 0.3 is 0 Å². The fourth-order valence-corrected chi connectivity index (χ4v) is 1.79. The Hall–Kier alpha value is -1.55. The maximum Gasteiger partial charge on any atom is 0.257 e. The Labute approximate surface area is 121 Å². The summed E-state index contributed by atoms with van der Waals surface area (Å²) < 4.78 is 5.46. The van der Waals surface area contributed by atoms with Gasteiger partial charge in [0.1, 0.15) is 5.75 Å². The Bertz CT molecular complexity index is 401. The molecule has 20 heavy (non-hydrogen) atoms. The molecule has 0 aliphatic carbocycles. The highest BCUT2D eigenvalue weighted by atomic mass is 16.5. The van der Waals surface area contributed by atoms with Gasteiger partial charge in [-0.15, -0.1) is 0 Å². The number of rotatable bonds is 8. The summed E-state index contributed by atoms with van der Waals surface area (Å²) in [6.45, 7) is 10.0. The largest absolute Gasteiger partial charge is 0.484 e. The van der Waals surface area contributed by atoms with Gasteiger partial charge in [-0.1, -0.05) is 32.9 Å². The molecule has 0 spiro atoms. The third-order valence-electron chi connectivity index (χ3n) is 2.97. The number of hydrogen-bond donors (Lipinski definition) is 2. The van der Waals surface area contributed by atoms with E-state index in [1.54, 1.807) is 0 Å². The Morgan fingerprint density at radius 1 is 1.20 bits per heavy atom. The standard InChI is InChI=1S/C16H26N2O2/c1-5-17-13(4)14-6-8-15(9-7-14)20-11-16(19)18-10-12(2)3/h6-9,12-13,17H,5,10-11H2,1-4H3,(H,18,19). The van der Waals surface area contributed by atoms with Gasteiger partial charge in [-0.3, -0.25) is 4.79 Å². The summed E-state index contributed by atoms with van der Waals surface area (Å²) in [6.07, 6.45) is 0. The molecule has 1 aromatic rings. The van der Waals surface area contributed by atoms with Gasteiger partial charge in [-0.2, -0.15) is 0 Å². The number of nitrogens with one attached hydrogen (secondary N) is 2. The summed E-state index contributed by atoms with van der Waals surface area (Å²) in [6, 6.07) is 8.17. The van der Waals surface area contributed by atoms with E-state index in [1.165, 1.54) is 5.56 Å². The van der Waals surface area contributed by atoms with Crippen LogP contribution < -0.4 is 15.4 Å². The summed E-state index contributed by atoms with van der Waals surface area (Å²) in [5.41, 5.74) is 1.21. The summed E-state index contributed by atoms with van der Waals surface area (Å²) in [5, 5.41) is 6.18. The first-order chi connectivity index (χ1) is 9.52. The van der Waals surface area contributed by atoms with E-state index in [-0.39, 0.29) is 12.5 Å². The van der Waals surface area contributed by atoms with Crippen molar-refractivity contribution in [1.82, 2.24) is 10.6 Å². The van der Waals surface area contributed by atoms with Crippen LogP contribution in [0.25, 0.3) is 0 Å². The van der Waals surface area contributed by atoms with Crippen molar-refractivity contribution in [3.05, 3.63) is 29.8 Å². The van der Waals surface area contributed by atoms with Crippen molar-refractivity contribution < 1.29 is 9.53 Å². The van der Waals surface area contributed by atoms with Gasteiger partial charge in [0, 0.05) is 12.6 Å². The molecule has 4 heteroatoms. The summed E-state index contributed by atoms with van der Waals surface area (Å²) >= 11 is 0. The van der Waals surface area contributed by atoms with Crippen LogP contribution in [-0.4, -0.2) is 25.6 Å². The quantitative estimate of drug-likeness (QED) is 0.768. The molecule has 0 saturated carbocycles. The number of amides is 1. The van der Waals surface area contributed by atoms with Gasteiger partial charge < -0.3 is 15.4 Å². The van der Waals surface area contributed by atoms with Crippen molar-refractivity contribution in [3.63, 3.8) is 0 Å². The highest BCUT2D eigenvalue weighted by molar-refractivity contribution is 5.77. The molecule has 0 aliphatic heterocycles. The van der Waals surface area contributed by atoms with Crippen LogP contribution in [0.3, 0.4) is 0 Å². The van der Waals surface area contributed by atoms with E-state index in [4.69, 9.17) is 4.74 Å². The van der Waals surface area contributed by atoms with E-state index in [2.05, 4.69) is 38.3 Å². The van der Waals surface area contributed by atoms with E-state index in [9.17, 15) is 4.79 Å². The van der Waals surface area contributed by atoms with E-state index < -0.39 is 0 Å². The van der Waals surface area contributed by atoms with Crippen molar-refractivity contribution in [3.8, 4) is 5.75 Å². The minimum Gasteiger partial charge on any atom is -0.484 e. The van der Waals surface area contributed by atoms with Crippen LogP contribution in [0, 0.1) is 5.92 Å². The predicted octanol–water partition coefficient (Wildman–Crippen LogP) is 2.51. The molecule has 1 atom stereocenters. The third kappa shape index (κ3) is 6.06. The average molecular weight is 278 g/mol. The number of carbonyl (C=O) groups is 1. The molecule has 0 aliphatic rings. The fourth-order valence-electron chi connectivity index (χ4n) is 1.79. The van der Waals surface area contributed by atoms with Crippen molar-refractivity contribution in [1.29, 1.82) is 0 Å². The Balaban J connectivity index is 2.40. The number of carbonyl (C=O) groups excluding carboxylic acids is 1. The zero-order valence-corrected chi connectivity index (χ0v) is 12.9. The zero-order valence-electron chi connectivity index (χ0n) is 12.9. The molecule has 0 fully saturated rings. The molecule has 2 N–H and O–H groups in total. The molecular formula is C16H26N2O2. The van der Waals surface area contributed by atoms with Gasteiger partial charge in [0.05, 0.1) is 0 Å². The second kappa shape index (κ2) is 8.59. The molecule has 0 heterocycles. The predicted molar refractivity (Wildman–Crippen MR) is 81.9 cm³/mol. The zero-order chi connectivity index (χ0) is 15.0. The van der Waals surface area contributed by atoms with Crippen LogP contribution in [0.5, 0.6) is 5.75 Å². The minimum absolute atomic E-state index is 0.0643. The third-order valence-corrected chi connectivity index (χ3v) is 2.97. The monoisotopic (exact) mass is 278 g/mol. The minimum atomic E-state index is -0.0798. The van der Waals surface area contributed by atoms with Crippen LogP contribution in [0.2, 0.25) is 0 Å². The lowest BCUT2D eigenvalue weighted by Crippen LogP contribution is -2.31. The van der Waals surface area contributed by atoms with Crippen molar-refractivity contribution in [2.45, 2.75) is 33.7 Å². The lowest BCUT2D eigenvalue weighted by atomic mass is 10.1. The Morgan fingerprint density at radius 3 is 2.40 bits per heavy atom. The van der Waals surface area contributed by atoms with Gasteiger partial charge in [0.25, 0.3) is 5.91 Å². The molecule has 1 amide bonds. The molecule has 0 radical (unpaired) electrons. The number of hydrogen-bond acceptors (Lipinski definition) is 3. The molecule has 0 aromatic heterocycles. The van der Waals surface area contributed by atoms with Crippen LogP contribution in [0.15, 0.2) is 24.3 Å². The van der Waals surface area contributed by atoms with Gasteiger partial charge in [-0.05, 0) is 37.1 Å². The van der Waals surface area contributed by atoms with E-state index in [1.807, 2.05) is 24.3 Å². The first kappa shape index (κ1) is 16.5. The molecule has 0 bridgehead atoms. The SMILES string of the molecule is CCNC(C)c1ccc(OCC(=O)NCC(C)C)cc1.